The van der Waals surface area contributed by atoms with Gasteiger partial charge in [0.2, 0.25) is 0 Å². The van der Waals surface area contributed by atoms with Crippen LogP contribution in [0.2, 0.25) is 0 Å². The van der Waals surface area contributed by atoms with Crippen molar-refractivity contribution in [3.63, 3.8) is 0 Å². The van der Waals surface area contributed by atoms with Crippen LogP contribution in [-0.2, 0) is 6.42 Å². The summed E-state index contributed by atoms with van der Waals surface area (Å²) in [6.45, 7) is 6.35. The predicted octanol–water partition coefficient (Wildman–Crippen LogP) is 6.34. The normalized spacial score (nSPS) is 15.9. The standard InChI is InChI=1S/C26H30O4/c1-17(2)6-5-7-18(3)8-13-22-24(29-4)15-14-21-23(28)16-25(30-26(21)22)19-9-11-20(27)12-10-19/h6,8-12,14-15,25,27H,5,7,13,16H2,1-4H3/b18-8+. The number of hydrogen-bond donors (Lipinski definition) is 1. The molecule has 158 valence electrons. The lowest BCUT2D eigenvalue weighted by atomic mass is 9.93. The highest BCUT2D eigenvalue weighted by Crippen LogP contribution is 2.41. The van der Waals surface area contributed by atoms with Crippen LogP contribution in [-0.4, -0.2) is 18.0 Å². The van der Waals surface area contributed by atoms with Gasteiger partial charge in [-0.15, -0.1) is 0 Å². The molecule has 1 atom stereocenters. The number of allylic oxidation sites excluding steroid dienone is 4. The molecule has 0 aliphatic carbocycles. The Morgan fingerprint density at radius 1 is 1.13 bits per heavy atom. The Kier molecular flexibility index (Phi) is 6.99. The third kappa shape index (κ3) is 5.12. The Hall–Kier alpha value is -3.01. The van der Waals surface area contributed by atoms with E-state index < -0.39 is 0 Å². The Balaban J connectivity index is 1.89. The van der Waals surface area contributed by atoms with Gasteiger partial charge in [-0.25, -0.2) is 0 Å². The van der Waals surface area contributed by atoms with Gasteiger partial charge in [0, 0.05) is 5.56 Å². The average Bonchev–Trinajstić information content (AvgIpc) is 2.72. The number of carbonyl (C=O) groups is 1. The van der Waals surface area contributed by atoms with Gasteiger partial charge < -0.3 is 14.6 Å². The van der Waals surface area contributed by atoms with E-state index in [1.54, 1.807) is 37.4 Å². The second-order valence-electron chi connectivity index (χ2n) is 8.02. The third-order valence-corrected chi connectivity index (χ3v) is 5.38. The number of rotatable bonds is 7. The molecule has 2 aromatic carbocycles. The summed E-state index contributed by atoms with van der Waals surface area (Å²) in [6.07, 6.45) is 7.00. The number of phenols is 1. The number of methoxy groups -OCH3 is 1. The first kappa shape index (κ1) is 21.7. The number of carbonyl (C=O) groups excluding carboxylic acids is 1. The minimum absolute atomic E-state index is 0.0579. The lowest BCUT2D eigenvalue weighted by Crippen LogP contribution is -2.21. The van der Waals surface area contributed by atoms with Gasteiger partial charge >= 0.3 is 0 Å². The van der Waals surface area contributed by atoms with Crippen molar-refractivity contribution in [3.8, 4) is 17.2 Å². The van der Waals surface area contributed by atoms with E-state index in [9.17, 15) is 9.90 Å². The molecule has 4 nitrogen and oxygen atoms in total. The van der Waals surface area contributed by atoms with Gasteiger partial charge in [-0.3, -0.25) is 4.79 Å². The van der Waals surface area contributed by atoms with Gasteiger partial charge in [0.05, 0.1) is 19.1 Å². The molecule has 0 aromatic heterocycles. The van der Waals surface area contributed by atoms with Crippen molar-refractivity contribution in [3.05, 3.63) is 76.4 Å². The smallest absolute Gasteiger partial charge is 0.170 e. The van der Waals surface area contributed by atoms with Gasteiger partial charge in [-0.1, -0.05) is 35.4 Å². The number of fused-ring (bicyclic) bond motifs is 1. The van der Waals surface area contributed by atoms with Crippen LogP contribution in [0.4, 0.5) is 0 Å². The summed E-state index contributed by atoms with van der Waals surface area (Å²) in [4.78, 5) is 12.8. The minimum atomic E-state index is -0.376. The number of Topliss-reactive ketones (excluding diaryl/α,β-unsaturated/α-hetero) is 1. The van der Waals surface area contributed by atoms with E-state index in [4.69, 9.17) is 9.47 Å². The summed E-state index contributed by atoms with van der Waals surface area (Å²) in [7, 11) is 1.64. The molecular formula is C26H30O4. The van der Waals surface area contributed by atoms with Gasteiger partial charge in [-0.2, -0.15) is 0 Å². The molecule has 0 saturated carbocycles. The van der Waals surface area contributed by atoms with E-state index in [2.05, 4.69) is 32.9 Å². The third-order valence-electron chi connectivity index (χ3n) is 5.38. The lowest BCUT2D eigenvalue weighted by Gasteiger charge is -2.28. The summed E-state index contributed by atoms with van der Waals surface area (Å²) < 4.78 is 11.9. The molecule has 3 rings (SSSR count). The molecule has 1 heterocycles. The van der Waals surface area contributed by atoms with Gasteiger partial charge in [0.15, 0.2) is 5.78 Å². The Morgan fingerprint density at radius 2 is 1.87 bits per heavy atom. The summed E-state index contributed by atoms with van der Waals surface area (Å²) in [5.41, 5.74) is 5.00. The lowest BCUT2D eigenvalue weighted by molar-refractivity contribution is 0.0847. The van der Waals surface area contributed by atoms with Crippen LogP contribution >= 0.6 is 0 Å². The van der Waals surface area contributed by atoms with E-state index >= 15 is 0 Å². The van der Waals surface area contributed by atoms with Crippen molar-refractivity contribution >= 4 is 5.78 Å². The van der Waals surface area contributed by atoms with Crippen LogP contribution in [0.3, 0.4) is 0 Å². The number of aromatic hydroxyl groups is 1. The van der Waals surface area contributed by atoms with Crippen molar-refractivity contribution in [2.75, 3.05) is 7.11 Å². The molecule has 0 amide bonds. The number of phenolic OH excluding ortho intramolecular Hbond substituents is 1. The fourth-order valence-corrected chi connectivity index (χ4v) is 3.65. The number of ketones is 1. The van der Waals surface area contributed by atoms with Crippen LogP contribution in [0.15, 0.2) is 59.7 Å². The largest absolute Gasteiger partial charge is 0.508 e. The molecule has 0 spiro atoms. The molecular weight excluding hydrogens is 376 g/mol. The topological polar surface area (TPSA) is 55.8 Å². The Morgan fingerprint density at radius 3 is 2.53 bits per heavy atom. The molecule has 1 N–H and O–H groups in total. The highest BCUT2D eigenvalue weighted by molar-refractivity contribution is 6.00. The van der Waals surface area contributed by atoms with E-state index in [1.165, 1.54) is 11.1 Å². The number of ether oxygens (including phenoxy) is 2. The van der Waals surface area contributed by atoms with Crippen LogP contribution in [0.25, 0.3) is 0 Å². The maximum Gasteiger partial charge on any atom is 0.170 e. The van der Waals surface area contributed by atoms with Crippen LogP contribution in [0.5, 0.6) is 17.2 Å². The molecule has 0 fully saturated rings. The highest BCUT2D eigenvalue weighted by Gasteiger charge is 2.30. The molecule has 2 aromatic rings. The molecule has 4 heteroatoms. The maximum absolute atomic E-state index is 12.8. The van der Waals surface area contributed by atoms with E-state index in [1.807, 2.05) is 6.07 Å². The average molecular weight is 407 g/mol. The summed E-state index contributed by atoms with van der Waals surface area (Å²) in [5, 5.41) is 9.56. The van der Waals surface area contributed by atoms with Crippen molar-refractivity contribution < 1.29 is 19.4 Å². The van der Waals surface area contributed by atoms with Crippen molar-refractivity contribution in [2.45, 2.75) is 52.6 Å². The van der Waals surface area contributed by atoms with Crippen molar-refractivity contribution in [1.82, 2.24) is 0 Å². The number of hydrogen-bond acceptors (Lipinski definition) is 4. The molecule has 1 unspecified atom stereocenters. The zero-order valence-corrected chi connectivity index (χ0v) is 18.2. The molecule has 0 radical (unpaired) electrons. The first-order chi connectivity index (χ1) is 14.4. The zero-order valence-electron chi connectivity index (χ0n) is 18.2. The maximum atomic E-state index is 12.8. The van der Waals surface area contributed by atoms with Crippen molar-refractivity contribution in [2.24, 2.45) is 0 Å². The Labute approximate surface area is 178 Å². The van der Waals surface area contributed by atoms with Crippen molar-refractivity contribution in [1.29, 1.82) is 0 Å². The molecule has 30 heavy (non-hydrogen) atoms. The fraction of sp³-hybridized carbons (Fsp3) is 0.346. The van der Waals surface area contributed by atoms with Crippen LogP contribution in [0.1, 0.15) is 67.6 Å². The molecule has 0 bridgehead atoms. The molecule has 0 saturated heterocycles. The summed E-state index contributed by atoms with van der Waals surface area (Å²) in [5.74, 6) is 1.58. The fourth-order valence-electron chi connectivity index (χ4n) is 3.65. The van der Waals surface area contributed by atoms with Gasteiger partial charge in [0.1, 0.15) is 23.4 Å². The SMILES string of the molecule is COc1ccc2c(c1C/C=C(\C)CCC=C(C)C)OC(c1ccc(O)cc1)CC2=O. The minimum Gasteiger partial charge on any atom is -0.508 e. The number of benzene rings is 2. The second-order valence-corrected chi connectivity index (χ2v) is 8.02. The molecule has 1 aliphatic heterocycles. The molecule has 1 aliphatic rings. The predicted molar refractivity (Wildman–Crippen MR) is 120 cm³/mol. The van der Waals surface area contributed by atoms with E-state index in [0.717, 1.165) is 29.7 Å². The first-order valence-corrected chi connectivity index (χ1v) is 10.4. The van der Waals surface area contributed by atoms with Gasteiger partial charge in [0.25, 0.3) is 0 Å². The summed E-state index contributed by atoms with van der Waals surface area (Å²) in [6, 6.07) is 10.5. The van der Waals surface area contributed by atoms with Crippen LogP contribution in [0, 0.1) is 0 Å². The first-order valence-electron chi connectivity index (χ1n) is 10.4. The van der Waals surface area contributed by atoms with E-state index in [-0.39, 0.29) is 24.1 Å². The van der Waals surface area contributed by atoms with Crippen LogP contribution < -0.4 is 9.47 Å². The summed E-state index contributed by atoms with van der Waals surface area (Å²) >= 11 is 0. The quantitative estimate of drug-likeness (QED) is 0.545. The highest BCUT2D eigenvalue weighted by atomic mass is 16.5. The zero-order chi connectivity index (χ0) is 21.7. The second kappa shape index (κ2) is 9.66. The monoisotopic (exact) mass is 406 g/mol. The Bertz CT molecular complexity index is 963. The van der Waals surface area contributed by atoms with Gasteiger partial charge in [-0.05, 0) is 69.9 Å². The van der Waals surface area contributed by atoms with E-state index in [0.29, 0.717) is 17.7 Å².